The Morgan fingerprint density at radius 1 is 1.44 bits per heavy atom. The van der Waals surface area contributed by atoms with E-state index in [0.717, 1.165) is 6.42 Å². The molecule has 6 heteroatoms. The van der Waals surface area contributed by atoms with Gasteiger partial charge in [-0.05, 0) is 18.6 Å². The monoisotopic (exact) mass is 252 g/mol. The van der Waals surface area contributed by atoms with Crippen molar-refractivity contribution in [2.24, 2.45) is 0 Å². The van der Waals surface area contributed by atoms with E-state index in [-0.39, 0.29) is 17.9 Å². The lowest BCUT2D eigenvalue weighted by atomic mass is 10.1. The highest BCUT2D eigenvalue weighted by Gasteiger charge is 2.19. The molecule has 1 aromatic rings. The second kappa shape index (κ2) is 6.70. The second-order valence-electron chi connectivity index (χ2n) is 3.83. The zero-order valence-electron chi connectivity index (χ0n) is 10.2. The van der Waals surface area contributed by atoms with Crippen LogP contribution in [0.4, 0.5) is 11.4 Å². The molecule has 0 aliphatic rings. The minimum Gasteiger partial charge on any atom is -0.395 e. The molecule has 0 bridgehead atoms. The summed E-state index contributed by atoms with van der Waals surface area (Å²) < 4.78 is 0. The average molecular weight is 252 g/mol. The lowest BCUT2D eigenvalue weighted by Gasteiger charge is -2.23. The van der Waals surface area contributed by atoms with Crippen LogP contribution in [-0.4, -0.2) is 36.0 Å². The van der Waals surface area contributed by atoms with E-state index in [9.17, 15) is 14.9 Å². The van der Waals surface area contributed by atoms with Gasteiger partial charge in [0.2, 0.25) is 0 Å². The Balaban J connectivity index is 3.18. The molecular weight excluding hydrogens is 236 g/mol. The van der Waals surface area contributed by atoms with E-state index in [4.69, 9.17) is 5.11 Å². The largest absolute Gasteiger partial charge is 0.395 e. The van der Waals surface area contributed by atoms with Crippen LogP contribution in [-0.2, 0) is 0 Å². The first-order chi connectivity index (χ1) is 8.63. The third-order valence-electron chi connectivity index (χ3n) is 2.54. The molecule has 98 valence electrons. The Morgan fingerprint density at radius 3 is 2.67 bits per heavy atom. The normalized spacial score (nSPS) is 10.1. The number of carbonyl (C=O) groups is 1. The van der Waals surface area contributed by atoms with Crippen molar-refractivity contribution in [3.63, 3.8) is 0 Å². The van der Waals surface area contributed by atoms with E-state index in [1.165, 1.54) is 12.1 Å². The van der Waals surface area contributed by atoms with E-state index in [2.05, 4.69) is 0 Å². The van der Waals surface area contributed by atoms with E-state index in [1.54, 1.807) is 11.0 Å². The number of aliphatic hydroxyl groups is 1. The third kappa shape index (κ3) is 3.27. The fourth-order valence-electron chi connectivity index (χ4n) is 1.77. The van der Waals surface area contributed by atoms with Gasteiger partial charge in [0, 0.05) is 24.7 Å². The van der Waals surface area contributed by atoms with Crippen molar-refractivity contribution in [1.82, 2.24) is 0 Å². The van der Waals surface area contributed by atoms with Crippen molar-refractivity contribution >= 4 is 17.7 Å². The third-order valence-corrected chi connectivity index (χ3v) is 2.54. The highest BCUT2D eigenvalue weighted by atomic mass is 16.6. The Hall–Kier alpha value is -1.95. The molecular formula is C12H16N2O4. The summed E-state index contributed by atoms with van der Waals surface area (Å²) in [5.74, 6) is 0. The summed E-state index contributed by atoms with van der Waals surface area (Å²) >= 11 is 0. The van der Waals surface area contributed by atoms with Crippen molar-refractivity contribution in [2.75, 3.05) is 24.6 Å². The molecule has 0 radical (unpaired) electrons. The first-order valence-corrected chi connectivity index (χ1v) is 5.73. The number of rotatable bonds is 7. The number of anilines is 1. The van der Waals surface area contributed by atoms with Gasteiger partial charge in [-0.25, -0.2) is 0 Å². The smallest absolute Gasteiger partial charge is 0.293 e. The number of aldehydes is 1. The van der Waals surface area contributed by atoms with Gasteiger partial charge in [0.15, 0.2) is 0 Å². The second-order valence-corrected chi connectivity index (χ2v) is 3.83. The van der Waals surface area contributed by atoms with Crippen molar-refractivity contribution in [1.29, 1.82) is 0 Å². The summed E-state index contributed by atoms with van der Waals surface area (Å²) in [5, 5.41) is 20.0. The summed E-state index contributed by atoms with van der Waals surface area (Å²) in [6.45, 7) is 2.82. The number of nitro benzene ring substituents is 1. The van der Waals surface area contributed by atoms with Crippen LogP contribution in [0.3, 0.4) is 0 Å². The van der Waals surface area contributed by atoms with E-state index in [1.807, 2.05) is 6.92 Å². The van der Waals surface area contributed by atoms with Crippen LogP contribution in [0.15, 0.2) is 18.2 Å². The predicted molar refractivity (Wildman–Crippen MR) is 68.1 cm³/mol. The summed E-state index contributed by atoms with van der Waals surface area (Å²) in [7, 11) is 0. The molecule has 0 heterocycles. The molecule has 0 saturated carbocycles. The fraction of sp³-hybridized carbons (Fsp3) is 0.417. The molecule has 0 amide bonds. The summed E-state index contributed by atoms with van der Waals surface area (Å²) in [6, 6.07) is 4.34. The fourth-order valence-corrected chi connectivity index (χ4v) is 1.77. The standard InChI is InChI=1S/C12H16N2O4/c1-2-5-13(6-7-15)11-4-3-10(9-16)8-12(11)14(17)18/h3-4,8-9,15H,2,5-7H2,1H3. The number of hydrogen-bond donors (Lipinski definition) is 1. The minimum atomic E-state index is -0.512. The number of nitro groups is 1. The summed E-state index contributed by atoms with van der Waals surface area (Å²) in [6.07, 6.45) is 1.39. The van der Waals surface area contributed by atoms with Crippen molar-refractivity contribution < 1.29 is 14.8 Å². The van der Waals surface area contributed by atoms with Gasteiger partial charge >= 0.3 is 0 Å². The van der Waals surface area contributed by atoms with Crippen LogP contribution in [0, 0.1) is 10.1 Å². The van der Waals surface area contributed by atoms with Gasteiger partial charge in [0.05, 0.1) is 11.5 Å². The number of aliphatic hydroxyl groups excluding tert-OH is 1. The first-order valence-electron chi connectivity index (χ1n) is 5.73. The van der Waals surface area contributed by atoms with Crippen LogP contribution in [0.2, 0.25) is 0 Å². The van der Waals surface area contributed by atoms with E-state index < -0.39 is 4.92 Å². The molecule has 18 heavy (non-hydrogen) atoms. The number of benzene rings is 1. The minimum absolute atomic E-state index is 0.0768. The molecule has 0 atom stereocenters. The van der Waals surface area contributed by atoms with Gasteiger partial charge in [-0.15, -0.1) is 0 Å². The number of hydrogen-bond acceptors (Lipinski definition) is 5. The molecule has 0 aliphatic heterocycles. The van der Waals surface area contributed by atoms with Crippen LogP contribution in [0.1, 0.15) is 23.7 Å². The molecule has 0 saturated heterocycles. The Labute approximate surface area is 105 Å². The summed E-state index contributed by atoms with van der Waals surface area (Å²) in [5.41, 5.74) is 0.592. The first kappa shape index (κ1) is 14.1. The molecule has 0 aliphatic carbocycles. The number of nitrogens with zero attached hydrogens (tertiary/aromatic N) is 2. The highest BCUT2D eigenvalue weighted by Crippen LogP contribution is 2.28. The van der Waals surface area contributed by atoms with Crippen LogP contribution >= 0.6 is 0 Å². The Kier molecular flexibility index (Phi) is 5.26. The maximum absolute atomic E-state index is 11.0. The zero-order valence-corrected chi connectivity index (χ0v) is 10.2. The van der Waals surface area contributed by atoms with Crippen molar-refractivity contribution in [2.45, 2.75) is 13.3 Å². The van der Waals surface area contributed by atoms with Gasteiger partial charge in [0.25, 0.3) is 5.69 Å². The molecule has 0 fully saturated rings. The maximum atomic E-state index is 11.0. The summed E-state index contributed by atoms with van der Waals surface area (Å²) in [4.78, 5) is 22.9. The Morgan fingerprint density at radius 2 is 2.17 bits per heavy atom. The van der Waals surface area contributed by atoms with Gasteiger partial charge < -0.3 is 10.0 Å². The zero-order chi connectivity index (χ0) is 13.5. The molecule has 1 rings (SSSR count). The van der Waals surface area contributed by atoms with Crippen molar-refractivity contribution in [3.8, 4) is 0 Å². The molecule has 6 nitrogen and oxygen atoms in total. The highest BCUT2D eigenvalue weighted by molar-refractivity contribution is 5.79. The van der Waals surface area contributed by atoms with Gasteiger partial charge in [-0.3, -0.25) is 14.9 Å². The Bertz CT molecular complexity index is 428. The van der Waals surface area contributed by atoms with Crippen molar-refractivity contribution in [3.05, 3.63) is 33.9 Å². The average Bonchev–Trinajstić information content (AvgIpc) is 2.37. The van der Waals surface area contributed by atoms with Crippen LogP contribution in [0.5, 0.6) is 0 Å². The van der Waals surface area contributed by atoms with Crippen LogP contribution in [0.25, 0.3) is 0 Å². The predicted octanol–water partition coefficient (Wildman–Crippen LogP) is 1.62. The van der Waals surface area contributed by atoms with Gasteiger partial charge in [0.1, 0.15) is 12.0 Å². The van der Waals surface area contributed by atoms with Gasteiger partial charge in [-0.2, -0.15) is 0 Å². The molecule has 0 aromatic heterocycles. The SMILES string of the molecule is CCCN(CCO)c1ccc(C=O)cc1[N+](=O)[O-]. The molecule has 0 spiro atoms. The lowest BCUT2D eigenvalue weighted by molar-refractivity contribution is -0.384. The maximum Gasteiger partial charge on any atom is 0.293 e. The van der Waals surface area contributed by atoms with Gasteiger partial charge in [-0.1, -0.05) is 6.92 Å². The number of carbonyl (C=O) groups excluding carboxylic acids is 1. The van der Waals surface area contributed by atoms with Crippen LogP contribution < -0.4 is 4.90 Å². The molecule has 0 unspecified atom stereocenters. The lowest BCUT2D eigenvalue weighted by Crippen LogP contribution is -2.28. The quantitative estimate of drug-likeness (QED) is 0.453. The van der Waals surface area contributed by atoms with E-state index in [0.29, 0.717) is 25.1 Å². The molecule has 1 N–H and O–H groups in total. The molecule has 1 aromatic carbocycles. The van der Waals surface area contributed by atoms with E-state index >= 15 is 0 Å². The topological polar surface area (TPSA) is 83.7 Å².